The molecule has 114 valence electrons. The fraction of sp³-hybridized carbons (Fsp3) is 0.385. The van der Waals surface area contributed by atoms with Crippen molar-refractivity contribution >= 4 is 33.3 Å². The molecule has 0 bridgehead atoms. The lowest BCUT2D eigenvalue weighted by Gasteiger charge is -2.38. The van der Waals surface area contributed by atoms with Crippen molar-refractivity contribution in [1.29, 1.82) is 0 Å². The Hall–Kier alpha value is -1.77. The summed E-state index contributed by atoms with van der Waals surface area (Å²) in [5.74, 6) is -0.731. The van der Waals surface area contributed by atoms with Crippen molar-refractivity contribution in [2.45, 2.75) is 19.9 Å². The summed E-state index contributed by atoms with van der Waals surface area (Å²) >= 11 is 0. The summed E-state index contributed by atoms with van der Waals surface area (Å²) in [6.45, 7) is 3.03. The smallest absolute Gasteiger partial charge is 0.335 e. The van der Waals surface area contributed by atoms with E-state index in [0.29, 0.717) is 36.5 Å². The van der Waals surface area contributed by atoms with E-state index in [4.69, 9.17) is 0 Å². The van der Waals surface area contributed by atoms with Gasteiger partial charge in [-0.1, -0.05) is 0 Å². The summed E-state index contributed by atoms with van der Waals surface area (Å²) in [4.78, 5) is 11.3. The summed E-state index contributed by atoms with van der Waals surface area (Å²) < 4.78 is 23.5. The Morgan fingerprint density at radius 3 is 2.76 bits per heavy atom. The molecular formula is C13H17N3O4S. The normalized spacial score (nSPS) is 19.1. The third-order valence-electron chi connectivity index (χ3n) is 3.69. The zero-order valence-electron chi connectivity index (χ0n) is 11.6. The van der Waals surface area contributed by atoms with Gasteiger partial charge < -0.3 is 5.11 Å². The number of aromatic carboxylic acids is 1. The van der Waals surface area contributed by atoms with Crippen LogP contribution in [0.1, 0.15) is 23.7 Å². The number of benzene rings is 1. The van der Waals surface area contributed by atoms with Crippen molar-refractivity contribution < 1.29 is 19.0 Å². The Kier molecular flexibility index (Phi) is 3.31. The standard InChI is InChI=1S/C13H17N3O4S/c1-2-15-11-6-9(13(17)18)7-12(10(11)8-14-15)16-4-3-5-21(16,19)20/h6-8,19-20H,2-5H2,1H3,(H,17,18). The van der Waals surface area contributed by atoms with E-state index in [9.17, 15) is 19.0 Å². The van der Waals surface area contributed by atoms with Crippen LogP contribution in [0, 0.1) is 0 Å². The first-order valence-corrected chi connectivity index (χ1v) is 8.38. The number of anilines is 1. The molecular weight excluding hydrogens is 294 g/mol. The summed E-state index contributed by atoms with van der Waals surface area (Å²) in [5, 5.41) is 14.3. The fourth-order valence-electron chi connectivity index (χ4n) is 2.68. The molecule has 0 aliphatic carbocycles. The second-order valence-electron chi connectivity index (χ2n) is 4.99. The van der Waals surface area contributed by atoms with Crippen LogP contribution in [0.25, 0.3) is 10.9 Å². The van der Waals surface area contributed by atoms with Crippen LogP contribution in [0.4, 0.5) is 5.69 Å². The predicted molar refractivity (Wildman–Crippen MR) is 82.0 cm³/mol. The molecule has 1 fully saturated rings. The molecule has 2 heterocycles. The quantitative estimate of drug-likeness (QED) is 0.806. The fourth-order valence-corrected chi connectivity index (χ4v) is 4.30. The average molecular weight is 311 g/mol. The molecule has 3 N–H and O–H groups in total. The van der Waals surface area contributed by atoms with Gasteiger partial charge in [0.2, 0.25) is 0 Å². The van der Waals surface area contributed by atoms with Crippen molar-refractivity contribution in [3.8, 4) is 0 Å². The van der Waals surface area contributed by atoms with Gasteiger partial charge in [0.25, 0.3) is 0 Å². The number of carboxylic acid groups (broad SMARTS) is 1. The minimum atomic E-state index is -2.87. The summed E-state index contributed by atoms with van der Waals surface area (Å²) in [6, 6.07) is 3.06. The molecule has 8 heteroatoms. The Morgan fingerprint density at radius 1 is 1.43 bits per heavy atom. The minimum absolute atomic E-state index is 0.120. The van der Waals surface area contributed by atoms with E-state index in [-0.39, 0.29) is 5.56 Å². The van der Waals surface area contributed by atoms with Crippen LogP contribution < -0.4 is 4.31 Å². The third-order valence-corrected chi connectivity index (χ3v) is 5.61. The molecule has 0 unspecified atom stereocenters. The van der Waals surface area contributed by atoms with E-state index in [0.717, 1.165) is 5.39 Å². The Labute approximate surface area is 123 Å². The summed E-state index contributed by atoms with van der Waals surface area (Å²) in [7, 11) is -2.87. The lowest BCUT2D eigenvalue weighted by molar-refractivity contribution is 0.0697. The lowest BCUT2D eigenvalue weighted by Crippen LogP contribution is -2.22. The number of hydrogen-bond donors (Lipinski definition) is 3. The maximum Gasteiger partial charge on any atom is 0.335 e. The van der Waals surface area contributed by atoms with Crippen LogP contribution in [0.5, 0.6) is 0 Å². The van der Waals surface area contributed by atoms with Crippen LogP contribution in [-0.4, -0.2) is 42.3 Å². The average Bonchev–Trinajstić information content (AvgIpc) is 3.00. The van der Waals surface area contributed by atoms with Crippen molar-refractivity contribution in [3.05, 3.63) is 23.9 Å². The molecule has 7 nitrogen and oxygen atoms in total. The van der Waals surface area contributed by atoms with Crippen LogP contribution in [0.15, 0.2) is 18.3 Å². The Morgan fingerprint density at radius 2 is 2.19 bits per heavy atom. The Balaban J connectivity index is 2.25. The highest BCUT2D eigenvalue weighted by Crippen LogP contribution is 2.52. The van der Waals surface area contributed by atoms with Gasteiger partial charge in [0, 0.05) is 18.5 Å². The van der Waals surface area contributed by atoms with Crippen LogP contribution in [0.3, 0.4) is 0 Å². The maximum atomic E-state index is 11.3. The maximum absolute atomic E-state index is 11.3. The van der Waals surface area contributed by atoms with Gasteiger partial charge in [0.05, 0.1) is 28.7 Å². The first-order valence-electron chi connectivity index (χ1n) is 6.70. The topological polar surface area (TPSA) is 98.8 Å². The van der Waals surface area contributed by atoms with Gasteiger partial charge in [0.15, 0.2) is 0 Å². The molecule has 1 aromatic heterocycles. The second-order valence-corrected chi connectivity index (χ2v) is 7.10. The van der Waals surface area contributed by atoms with Crippen molar-refractivity contribution in [2.75, 3.05) is 16.6 Å². The van der Waals surface area contributed by atoms with Crippen LogP contribution >= 0.6 is 10.8 Å². The number of fused-ring (bicyclic) bond motifs is 1. The molecule has 0 spiro atoms. The van der Waals surface area contributed by atoms with E-state index in [2.05, 4.69) is 5.10 Å². The highest BCUT2D eigenvalue weighted by Gasteiger charge is 2.31. The van der Waals surface area contributed by atoms with Gasteiger partial charge in [-0.25, -0.2) is 4.79 Å². The number of rotatable bonds is 3. The van der Waals surface area contributed by atoms with E-state index in [1.807, 2.05) is 6.92 Å². The van der Waals surface area contributed by atoms with Crippen molar-refractivity contribution in [3.63, 3.8) is 0 Å². The molecule has 1 aliphatic rings. The first kappa shape index (κ1) is 14.2. The number of aryl methyl sites for hydroxylation is 1. The van der Waals surface area contributed by atoms with Gasteiger partial charge in [-0.15, -0.1) is 10.8 Å². The first-order chi connectivity index (χ1) is 9.94. The summed E-state index contributed by atoms with van der Waals surface area (Å²) in [6.07, 6.45) is 2.32. The molecule has 2 aromatic rings. The number of carbonyl (C=O) groups is 1. The van der Waals surface area contributed by atoms with E-state index >= 15 is 0 Å². The zero-order chi connectivity index (χ0) is 15.2. The van der Waals surface area contributed by atoms with Crippen molar-refractivity contribution in [2.24, 2.45) is 0 Å². The van der Waals surface area contributed by atoms with Gasteiger partial charge in [0.1, 0.15) is 0 Å². The molecule has 0 amide bonds. The predicted octanol–water partition coefficient (Wildman–Crippen LogP) is 2.63. The molecule has 1 aromatic carbocycles. The van der Waals surface area contributed by atoms with Crippen LogP contribution in [0.2, 0.25) is 0 Å². The highest BCUT2D eigenvalue weighted by atomic mass is 32.3. The van der Waals surface area contributed by atoms with Gasteiger partial charge in [-0.3, -0.25) is 18.1 Å². The van der Waals surface area contributed by atoms with E-state index < -0.39 is 16.7 Å². The minimum Gasteiger partial charge on any atom is -0.478 e. The molecule has 0 saturated carbocycles. The lowest BCUT2D eigenvalue weighted by atomic mass is 10.1. The largest absolute Gasteiger partial charge is 0.478 e. The molecule has 1 aliphatic heterocycles. The zero-order valence-corrected chi connectivity index (χ0v) is 12.4. The number of hydrogen-bond acceptors (Lipinski definition) is 5. The van der Waals surface area contributed by atoms with Crippen LogP contribution in [-0.2, 0) is 6.54 Å². The third kappa shape index (κ3) is 2.25. The monoisotopic (exact) mass is 311 g/mol. The molecule has 0 radical (unpaired) electrons. The molecule has 1 saturated heterocycles. The number of carboxylic acids is 1. The van der Waals surface area contributed by atoms with Gasteiger partial charge in [-0.05, 0) is 25.5 Å². The van der Waals surface area contributed by atoms with Crippen molar-refractivity contribution in [1.82, 2.24) is 9.78 Å². The summed E-state index contributed by atoms with van der Waals surface area (Å²) in [5.41, 5.74) is 1.34. The molecule has 0 atom stereocenters. The molecule has 21 heavy (non-hydrogen) atoms. The second kappa shape index (κ2) is 4.90. The Bertz CT molecular complexity index is 713. The SMILES string of the molecule is CCn1ncc2c(N3CCCS3(O)O)cc(C(=O)O)cc21. The van der Waals surface area contributed by atoms with E-state index in [1.165, 1.54) is 10.4 Å². The number of aromatic nitrogens is 2. The van der Waals surface area contributed by atoms with Gasteiger partial charge in [-0.2, -0.15) is 5.10 Å². The highest BCUT2D eigenvalue weighted by molar-refractivity contribution is 8.25. The van der Waals surface area contributed by atoms with Gasteiger partial charge >= 0.3 is 5.97 Å². The van der Waals surface area contributed by atoms with E-state index in [1.54, 1.807) is 16.9 Å². The molecule has 3 rings (SSSR count). The number of nitrogens with zero attached hydrogens (tertiary/aromatic N) is 3.